The summed E-state index contributed by atoms with van der Waals surface area (Å²) >= 11 is 8.91. The Kier molecular flexibility index (Phi) is 7.02. The molecule has 0 unspecified atom stereocenters. The molecule has 1 atom stereocenters. The molecule has 0 bridgehead atoms. The minimum atomic E-state index is -4.95. The van der Waals surface area contributed by atoms with Crippen molar-refractivity contribution in [1.82, 2.24) is 4.57 Å². The molecule has 0 saturated heterocycles. The summed E-state index contributed by atoms with van der Waals surface area (Å²) in [5, 5.41) is 0.354. The Morgan fingerprint density at radius 1 is 1.26 bits per heavy atom. The molecule has 3 aromatic rings. The van der Waals surface area contributed by atoms with Gasteiger partial charge in [0.2, 0.25) is 0 Å². The third kappa shape index (κ3) is 4.84. The van der Waals surface area contributed by atoms with Gasteiger partial charge in [0.15, 0.2) is 10.5 Å². The fourth-order valence-electron chi connectivity index (χ4n) is 3.55. The highest BCUT2D eigenvalue weighted by molar-refractivity contribution is 14.1. The second-order valence-electron chi connectivity index (χ2n) is 7.17. The lowest BCUT2D eigenvalue weighted by atomic mass is 9.95. The number of hydrogen-bond donors (Lipinski definition) is 0. The monoisotopic (exact) mass is 618 g/mol. The smallest absolute Gasteiger partial charge is 0.434 e. The van der Waals surface area contributed by atoms with Gasteiger partial charge >= 0.3 is 12.1 Å². The minimum Gasteiger partial charge on any atom is -0.463 e. The first-order chi connectivity index (χ1) is 16.1. The van der Waals surface area contributed by atoms with Gasteiger partial charge in [-0.05, 0) is 71.0 Å². The van der Waals surface area contributed by atoms with Crippen molar-refractivity contribution < 1.29 is 22.7 Å². The highest BCUT2D eigenvalue weighted by Crippen LogP contribution is 2.38. The van der Waals surface area contributed by atoms with Crippen LogP contribution >= 0.6 is 45.5 Å². The van der Waals surface area contributed by atoms with Gasteiger partial charge in [-0.1, -0.05) is 47.2 Å². The molecule has 11 heteroatoms. The van der Waals surface area contributed by atoms with Crippen molar-refractivity contribution >= 4 is 57.6 Å². The number of thiazole rings is 1. The fraction of sp³-hybridized carbons (Fsp3) is 0.174. The van der Waals surface area contributed by atoms with Gasteiger partial charge in [-0.15, -0.1) is 0 Å². The highest BCUT2D eigenvalue weighted by atomic mass is 127. The number of allylic oxidation sites excluding steroid dienone is 1. The van der Waals surface area contributed by atoms with E-state index < -0.39 is 35.0 Å². The van der Waals surface area contributed by atoms with E-state index in [1.54, 1.807) is 12.1 Å². The van der Waals surface area contributed by atoms with Crippen LogP contribution in [-0.4, -0.2) is 23.3 Å². The molecule has 2 aromatic carbocycles. The second-order valence-corrected chi connectivity index (χ2v) is 9.86. The molecule has 0 aliphatic carbocycles. The fourth-order valence-corrected chi connectivity index (χ4v) is 5.24. The van der Waals surface area contributed by atoms with Gasteiger partial charge in [0.25, 0.3) is 5.56 Å². The molecule has 0 saturated carbocycles. The van der Waals surface area contributed by atoms with Crippen molar-refractivity contribution in [3.63, 3.8) is 0 Å². The molecule has 1 aromatic heterocycles. The quantitative estimate of drug-likeness (QED) is 0.317. The van der Waals surface area contributed by atoms with Gasteiger partial charge in [0.05, 0.1) is 22.8 Å². The summed E-state index contributed by atoms with van der Waals surface area (Å²) in [5.74, 6) is -1.19. The van der Waals surface area contributed by atoms with E-state index in [4.69, 9.17) is 16.3 Å². The SMILES string of the molecule is CCOC(=O)C1=C(C(F)(F)F)N=c2s/c(=C/c3cccc(I)c3)c(=O)n2[C@@H]1c1ccc(Cl)cc1. The van der Waals surface area contributed by atoms with Gasteiger partial charge in [-0.2, -0.15) is 13.2 Å². The molecule has 1 aliphatic heterocycles. The van der Waals surface area contributed by atoms with Gasteiger partial charge in [0, 0.05) is 8.59 Å². The van der Waals surface area contributed by atoms with Crippen LogP contribution in [0.5, 0.6) is 0 Å². The first-order valence-corrected chi connectivity index (χ1v) is 12.2. The zero-order valence-corrected chi connectivity index (χ0v) is 21.1. The number of aromatic nitrogens is 1. The molecule has 0 amide bonds. The molecule has 34 heavy (non-hydrogen) atoms. The van der Waals surface area contributed by atoms with Gasteiger partial charge in [-0.3, -0.25) is 9.36 Å². The number of ether oxygens (including phenoxy) is 1. The maximum Gasteiger partial charge on any atom is 0.434 e. The number of carbonyl (C=O) groups is 1. The van der Waals surface area contributed by atoms with Crippen LogP contribution in [0.25, 0.3) is 6.08 Å². The zero-order chi connectivity index (χ0) is 24.6. The average molecular weight is 619 g/mol. The molecule has 0 spiro atoms. The van der Waals surface area contributed by atoms with Crippen molar-refractivity contribution in [2.45, 2.75) is 19.1 Å². The molecule has 0 radical (unpaired) electrons. The summed E-state index contributed by atoms with van der Waals surface area (Å²) < 4.78 is 49.4. The van der Waals surface area contributed by atoms with E-state index in [0.29, 0.717) is 10.6 Å². The van der Waals surface area contributed by atoms with E-state index in [9.17, 15) is 22.8 Å². The van der Waals surface area contributed by atoms with Gasteiger partial charge in [0.1, 0.15) is 0 Å². The van der Waals surface area contributed by atoms with Crippen LogP contribution < -0.4 is 14.9 Å². The summed E-state index contributed by atoms with van der Waals surface area (Å²) in [6.07, 6.45) is -3.36. The predicted octanol–water partition coefficient (Wildman–Crippen LogP) is 4.60. The van der Waals surface area contributed by atoms with Crippen LogP contribution in [0.15, 0.2) is 69.6 Å². The molecular formula is C23H15ClF3IN2O3S. The third-order valence-electron chi connectivity index (χ3n) is 4.93. The second kappa shape index (κ2) is 9.67. The molecular weight excluding hydrogens is 604 g/mol. The molecule has 176 valence electrons. The lowest BCUT2D eigenvalue weighted by molar-refractivity contribution is -0.140. The summed E-state index contributed by atoms with van der Waals surface area (Å²) in [6.45, 7) is 1.34. The summed E-state index contributed by atoms with van der Waals surface area (Å²) in [7, 11) is 0. The Morgan fingerprint density at radius 2 is 1.97 bits per heavy atom. The summed E-state index contributed by atoms with van der Waals surface area (Å²) in [4.78, 5) is 29.8. The lowest BCUT2D eigenvalue weighted by Gasteiger charge is -2.26. The summed E-state index contributed by atoms with van der Waals surface area (Å²) in [6, 6.07) is 11.8. The van der Waals surface area contributed by atoms with Crippen LogP contribution in [0.1, 0.15) is 24.1 Å². The lowest BCUT2D eigenvalue weighted by Crippen LogP contribution is -2.41. The van der Waals surface area contributed by atoms with Crippen LogP contribution in [0.4, 0.5) is 13.2 Å². The highest BCUT2D eigenvalue weighted by Gasteiger charge is 2.45. The zero-order valence-electron chi connectivity index (χ0n) is 17.4. The van der Waals surface area contributed by atoms with E-state index >= 15 is 0 Å². The predicted molar refractivity (Wildman–Crippen MR) is 131 cm³/mol. The van der Waals surface area contributed by atoms with Crippen LogP contribution in [-0.2, 0) is 9.53 Å². The van der Waals surface area contributed by atoms with E-state index in [1.165, 1.54) is 31.2 Å². The number of nitrogens with zero attached hydrogens (tertiary/aromatic N) is 2. The first kappa shape index (κ1) is 24.7. The molecule has 2 heterocycles. The number of benzene rings is 2. The van der Waals surface area contributed by atoms with E-state index in [-0.39, 0.29) is 21.5 Å². The van der Waals surface area contributed by atoms with Gasteiger partial charge in [-0.25, -0.2) is 9.79 Å². The topological polar surface area (TPSA) is 60.7 Å². The first-order valence-electron chi connectivity index (χ1n) is 9.91. The maximum atomic E-state index is 14.1. The number of carbonyl (C=O) groups excluding carboxylic acids is 1. The Morgan fingerprint density at radius 3 is 2.59 bits per heavy atom. The van der Waals surface area contributed by atoms with Crippen molar-refractivity contribution in [3.05, 3.63) is 99.2 Å². The number of rotatable bonds is 4. The van der Waals surface area contributed by atoms with Crippen molar-refractivity contribution in [3.8, 4) is 0 Å². The number of alkyl halides is 3. The molecule has 0 fully saturated rings. The van der Waals surface area contributed by atoms with E-state index in [2.05, 4.69) is 27.6 Å². The Labute approximate surface area is 214 Å². The average Bonchev–Trinajstić information content (AvgIpc) is 3.08. The van der Waals surface area contributed by atoms with Crippen LogP contribution in [0.3, 0.4) is 0 Å². The third-order valence-corrected chi connectivity index (χ3v) is 6.83. The Hall–Kier alpha value is -2.44. The largest absolute Gasteiger partial charge is 0.463 e. The molecule has 1 aliphatic rings. The number of fused-ring (bicyclic) bond motifs is 1. The number of halogens is 5. The Balaban J connectivity index is 2.05. The van der Waals surface area contributed by atoms with Crippen molar-refractivity contribution in [2.75, 3.05) is 6.61 Å². The normalized spacial score (nSPS) is 16.3. The maximum absolute atomic E-state index is 14.1. The van der Waals surface area contributed by atoms with Crippen molar-refractivity contribution in [2.24, 2.45) is 4.99 Å². The molecule has 0 N–H and O–H groups in total. The van der Waals surface area contributed by atoms with Crippen LogP contribution in [0.2, 0.25) is 5.02 Å². The molecule has 5 nitrogen and oxygen atoms in total. The number of hydrogen-bond acceptors (Lipinski definition) is 5. The van der Waals surface area contributed by atoms with Crippen molar-refractivity contribution in [1.29, 1.82) is 0 Å². The van der Waals surface area contributed by atoms with E-state index in [1.807, 2.05) is 18.2 Å². The van der Waals surface area contributed by atoms with E-state index in [0.717, 1.165) is 19.5 Å². The van der Waals surface area contributed by atoms with Crippen LogP contribution in [0, 0.1) is 3.57 Å². The van der Waals surface area contributed by atoms with Gasteiger partial charge < -0.3 is 4.74 Å². The standard InChI is InChI=1S/C23H15ClF3IN2O3S/c1-2-33-21(32)17-18(13-6-8-14(24)9-7-13)30-20(31)16(11-12-4-3-5-15(28)10-12)34-22(30)29-19(17)23(25,26)27/h3-11,18H,2H2,1H3/b16-11+/t18-/m1/s1. The number of esters is 1. The Bertz CT molecular complexity index is 1480. The minimum absolute atomic E-state index is 0.141. The summed E-state index contributed by atoms with van der Waals surface area (Å²) in [5.41, 5.74) is -1.71. The molecule has 4 rings (SSSR count).